The Kier molecular flexibility index (Phi) is 7.41. The number of anilines is 1. The van der Waals surface area contributed by atoms with Crippen LogP contribution in [-0.4, -0.2) is 31.6 Å². The van der Waals surface area contributed by atoms with Crippen molar-refractivity contribution in [3.8, 4) is 0 Å². The molecular formula is C17H28N2OS. The van der Waals surface area contributed by atoms with Crippen molar-refractivity contribution in [3.05, 3.63) is 24.3 Å². The molecule has 0 spiro atoms. The fraction of sp³-hybridized carbons (Fsp3) is 0.647. The summed E-state index contributed by atoms with van der Waals surface area (Å²) >= 11 is 2.03. The third-order valence-corrected chi connectivity index (χ3v) is 5.38. The highest BCUT2D eigenvalue weighted by Crippen LogP contribution is 2.38. The van der Waals surface area contributed by atoms with Crippen molar-refractivity contribution in [1.29, 1.82) is 0 Å². The van der Waals surface area contributed by atoms with Gasteiger partial charge in [-0.1, -0.05) is 25.0 Å². The van der Waals surface area contributed by atoms with Crippen LogP contribution in [-0.2, 0) is 4.74 Å². The van der Waals surface area contributed by atoms with E-state index in [4.69, 9.17) is 10.5 Å². The summed E-state index contributed by atoms with van der Waals surface area (Å²) in [5.41, 5.74) is 6.88. The first-order chi connectivity index (χ1) is 10.3. The minimum absolute atomic E-state index is 0.337. The Hall–Kier alpha value is -0.710. The molecule has 21 heavy (non-hydrogen) atoms. The molecule has 0 saturated heterocycles. The van der Waals surface area contributed by atoms with Crippen LogP contribution in [0.2, 0.25) is 0 Å². The number of para-hydroxylation sites is 1. The van der Waals surface area contributed by atoms with Crippen LogP contribution < -0.4 is 11.1 Å². The average Bonchev–Trinajstić information content (AvgIpc) is 3.00. The smallest absolute Gasteiger partial charge is 0.0664 e. The number of thioether (sulfide) groups is 1. The minimum Gasteiger partial charge on any atom is -0.383 e. The first-order valence-corrected chi connectivity index (χ1v) is 8.92. The van der Waals surface area contributed by atoms with Crippen molar-refractivity contribution in [2.75, 3.05) is 25.6 Å². The normalized spacial score (nSPS) is 17.0. The molecule has 1 atom stereocenters. The Balaban J connectivity index is 1.99. The van der Waals surface area contributed by atoms with Crippen LogP contribution in [0.15, 0.2) is 29.2 Å². The standard InChI is InChI=1S/C17H28N2OS/c1-20-13-14(7-6-12-18)19-16-10-4-5-11-17(16)21-15-8-2-3-9-15/h4-5,10-11,14-15,19H,2-3,6-9,12-13,18H2,1H3. The van der Waals surface area contributed by atoms with Crippen molar-refractivity contribution in [1.82, 2.24) is 0 Å². The maximum Gasteiger partial charge on any atom is 0.0664 e. The van der Waals surface area contributed by atoms with Gasteiger partial charge in [-0.25, -0.2) is 0 Å². The Morgan fingerprint density at radius 1 is 1.33 bits per heavy atom. The van der Waals surface area contributed by atoms with Crippen molar-refractivity contribution in [2.24, 2.45) is 5.73 Å². The van der Waals surface area contributed by atoms with E-state index in [2.05, 4.69) is 29.6 Å². The highest BCUT2D eigenvalue weighted by molar-refractivity contribution is 8.00. The molecule has 1 saturated carbocycles. The summed E-state index contributed by atoms with van der Waals surface area (Å²) < 4.78 is 5.34. The molecular weight excluding hydrogens is 280 g/mol. The first kappa shape index (κ1) is 16.7. The number of nitrogens with two attached hydrogens (primary N) is 1. The van der Waals surface area contributed by atoms with E-state index in [-0.39, 0.29) is 0 Å². The van der Waals surface area contributed by atoms with Gasteiger partial charge < -0.3 is 15.8 Å². The molecule has 3 N–H and O–H groups in total. The number of ether oxygens (including phenoxy) is 1. The molecule has 118 valence electrons. The third kappa shape index (κ3) is 5.53. The van der Waals surface area contributed by atoms with Crippen LogP contribution in [0.4, 0.5) is 5.69 Å². The summed E-state index contributed by atoms with van der Waals surface area (Å²) in [4.78, 5) is 1.37. The van der Waals surface area contributed by atoms with Crippen molar-refractivity contribution in [3.63, 3.8) is 0 Å². The summed E-state index contributed by atoms with van der Waals surface area (Å²) in [6, 6.07) is 8.99. The zero-order valence-electron chi connectivity index (χ0n) is 13.0. The summed E-state index contributed by atoms with van der Waals surface area (Å²) in [6.45, 7) is 1.46. The lowest BCUT2D eigenvalue weighted by molar-refractivity contribution is 0.182. The van der Waals surface area contributed by atoms with Gasteiger partial charge in [0.05, 0.1) is 6.61 Å². The van der Waals surface area contributed by atoms with Gasteiger partial charge >= 0.3 is 0 Å². The Labute approximate surface area is 133 Å². The number of nitrogens with one attached hydrogen (secondary N) is 1. The topological polar surface area (TPSA) is 47.3 Å². The molecule has 1 aromatic rings. The van der Waals surface area contributed by atoms with E-state index in [1.807, 2.05) is 11.8 Å². The highest BCUT2D eigenvalue weighted by Gasteiger charge is 2.18. The van der Waals surface area contributed by atoms with Crippen LogP contribution in [0.3, 0.4) is 0 Å². The molecule has 1 unspecified atom stereocenters. The molecule has 1 aromatic carbocycles. The molecule has 0 radical (unpaired) electrons. The third-order valence-electron chi connectivity index (χ3n) is 3.97. The molecule has 1 aliphatic rings. The maximum atomic E-state index is 5.63. The molecule has 0 aliphatic heterocycles. The van der Waals surface area contributed by atoms with Gasteiger partial charge in [-0.3, -0.25) is 0 Å². The van der Waals surface area contributed by atoms with E-state index in [0.717, 1.165) is 31.2 Å². The Morgan fingerprint density at radius 3 is 2.81 bits per heavy atom. The lowest BCUT2D eigenvalue weighted by Gasteiger charge is -2.21. The number of hydrogen-bond acceptors (Lipinski definition) is 4. The minimum atomic E-state index is 0.337. The van der Waals surface area contributed by atoms with E-state index in [9.17, 15) is 0 Å². The van der Waals surface area contributed by atoms with Gasteiger partial charge in [0.25, 0.3) is 0 Å². The average molecular weight is 308 g/mol. The second-order valence-electron chi connectivity index (χ2n) is 5.75. The monoisotopic (exact) mass is 308 g/mol. The van der Waals surface area contributed by atoms with E-state index >= 15 is 0 Å². The van der Waals surface area contributed by atoms with E-state index in [0.29, 0.717) is 6.04 Å². The number of rotatable bonds is 9. The van der Waals surface area contributed by atoms with Crippen molar-refractivity contribution in [2.45, 2.75) is 54.7 Å². The molecule has 3 nitrogen and oxygen atoms in total. The fourth-order valence-corrected chi connectivity index (χ4v) is 4.20. The van der Waals surface area contributed by atoms with Gasteiger partial charge in [0.15, 0.2) is 0 Å². The zero-order chi connectivity index (χ0) is 14.9. The predicted octanol–water partition coefficient (Wildman–Crippen LogP) is 3.89. The van der Waals surface area contributed by atoms with Crippen molar-refractivity contribution < 1.29 is 4.74 Å². The van der Waals surface area contributed by atoms with Gasteiger partial charge in [0, 0.05) is 29.0 Å². The van der Waals surface area contributed by atoms with Crippen LogP contribution >= 0.6 is 11.8 Å². The molecule has 0 amide bonds. The lowest BCUT2D eigenvalue weighted by Crippen LogP contribution is -2.26. The number of methoxy groups -OCH3 is 1. The molecule has 2 rings (SSSR count). The van der Waals surface area contributed by atoms with E-state index in [1.54, 1.807) is 7.11 Å². The second kappa shape index (κ2) is 9.34. The van der Waals surface area contributed by atoms with Crippen LogP contribution in [0.1, 0.15) is 38.5 Å². The van der Waals surface area contributed by atoms with Gasteiger partial charge in [-0.15, -0.1) is 11.8 Å². The van der Waals surface area contributed by atoms with Crippen LogP contribution in [0, 0.1) is 0 Å². The van der Waals surface area contributed by atoms with Gasteiger partial charge in [0.1, 0.15) is 0 Å². The van der Waals surface area contributed by atoms with E-state index < -0.39 is 0 Å². The zero-order valence-corrected chi connectivity index (χ0v) is 13.8. The molecule has 0 bridgehead atoms. The molecule has 1 fully saturated rings. The maximum absolute atomic E-state index is 5.63. The quantitative estimate of drug-likeness (QED) is 0.726. The van der Waals surface area contributed by atoms with Crippen LogP contribution in [0.25, 0.3) is 0 Å². The number of hydrogen-bond donors (Lipinski definition) is 2. The lowest BCUT2D eigenvalue weighted by atomic mass is 10.1. The van der Waals surface area contributed by atoms with Gasteiger partial charge in [-0.2, -0.15) is 0 Å². The Bertz CT molecular complexity index is 408. The largest absolute Gasteiger partial charge is 0.383 e. The predicted molar refractivity (Wildman–Crippen MR) is 92.1 cm³/mol. The molecule has 4 heteroatoms. The summed E-state index contributed by atoms with van der Waals surface area (Å²) in [6.07, 6.45) is 7.55. The van der Waals surface area contributed by atoms with E-state index in [1.165, 1.54) is 36.3 Å². The molecule has 0 aromatic heterocycles. The second-order valence-corrected chi connectivity index (χ2v) is 7.09. The van der Waals surface area contributed by atoms with Gasteiger partial charge in [-0.05, 0) is 44.4 Å². The number of benzene rings is 1. The van der Waals surface area contributed by atoms with Gasteiger partial charge in [0.2, 0.25) is 0 Å². The SMILES string of the molecule is COCC(CCCN)Nc1ccccc1SC1CCCC1. The molecule has 0 heterocycles. The first-order valence-electron chi connectivity index (χ1n) is 8.04. The van der Waals surface area contributed by atoms with Crippen LogP contribution in [0.5, 0.6) is 0 Å². The summed E-state index contributed by atoms with van der Waals surface area (Å²) in [7, 11) is 1.76. The molecule has 1 aliphatic carbocycles. The Morgan fingerprint density at radius 2 is 2.10 bits per heavy atom. The fourth-order valence-electron chi connectivity index (χ4n) is 2.86. The summed E-state index contributed by atoms with van der Waals surface area (Å²) in [5.74, 6) is 0. The highest BCUT2D eigenvalue weighted by atomic mass is 32.2. The van der Waals surface area contributed by atoms with Crippen molar-refractivity contribution >= 4 is 17.4 Å². The summed E-state index contributed by atoms with van der Waals surface area (Å²) in [5, 5.41) is 4.45.